The molecule has 1 amide bonds. The number of rotatable bonds is 4. The quantitative estimate of drug-likeness (QED) is 0.867. The molecule has 2 N–H and O–H groups in total. The minimum absolute atomic E-state index is 0.110. The Hall–Kier alpha value is -1.75. The van der Waals surface area contributed by atoms with Gasteiger partial charge in [0.25, 0.3) is 0 Å². The Balaban J connectivity index is 2.02. The molecule has 0 bridgehead atoms. The second-order valence-corrected chi connectivity index (χ2v) is 4.93. The van der Waals surface area contributed by atoms with Crippen molar-refractivity contribution in [2.75, 3.05) is 20.3 Å². The molecule has 0 radical (unpaired) electrons. The minimum Gasteiger partial charge on any atom is -0.497 e. The van der Waals surface area contributed by atoms with E-state index in [1.54, 1.807) is 7.11 Å². The van der Waals surface area contributed by atoms with Crippen molar-refractivity contribution in [2.45, 2.75) is 18.9 Å². The van der Waals surface area contributed by atoms with Crippen molar-refractivity contribution in [1.82, 2.24) is 4.90 Å². The maximum atomic E-state index is 11.1. The molecule has 19 heavy (non-hydrogen) atoms. The summed E-state index contributed by atoms with van der Waals surface area (Å²) in [6, 6.07) is 7.53. The van der Waals surface area contributed by atoms with E-state index in [0.29, 0.717) is 13.0 Å². The van der Waals surface area contributed by atoms with Crippen molar-refractivity contribution >= 4 is 6.09 Å². The summed E-state index contributed by atoms with van der Waals surface area (Å²) in [5.41, 5.74) is 1.13. The number of hydrogen-bond donors (Lipinski definition) is 2. The molecule has 2 rings (SSSR count). The highest BCUT2D eigenvalue weighted by Gasteiger charge is 2.34. The summed E-state index contributed by atoms with van der Waals surface area (Å²) in [4.78, 5) is 12.4. The van der Waals surface area contributed by atoms with Crippen molar-refractivity contribution in [3.05, 3.63) is 29.8 Å². The number of aliphatic hydroxyl groups excluding tert-OH is 1. The zero-order chi connectivity index (χ0) is 13.8. The van der Waals surface area contributed by atoms with Crippen LogP contribution >= 0.6 is 0 Å². The lowest BCUT2D eigenvalue weighted by Crippen LogP contribution is -2.36. The van der Waals surface area contributed by atoms with Crippen LogP contribution in [0.1, 0.15) is 12.0 Å². The van der Waals surface area contributed by atoms with Gasteiger partial charge in [-0.05, 0) is 36.5 Å². The fourth-order valence-corrected chi connectivity index (χ4v) is 2.70. The highest BCUT2D eigenvalue weighted by atomic mass is 16.5. The number of carbonyl (C=O) groups is 1. The largest absolute Gasteiger partial charge is 0.497 e. The van der Waals surface area contributed by atoms with Gasteiger partial charge in [-0.15, -0.1) is 0 Å². The van der Waals surface area contributed by atoms with Gasteiger partial charge in [0.15, 0.2) is 0 Å². The number of amides is 1. The SMILES string of the molecule is COc1cccc(C[C@H]2C[C@H](CO)N(C(=O)O)C2)c1. The molecule has 5 heteroatoms. The molecule has 5 nitrogen and oxygen atoms in total. The molecule has 1 aromatic rings. The predicted octanol–water partition coefficient (Wildman–Crippen LogP) is 1.60. The van der Waals surface area contributed by atoms with Crippen LogP contribution in [0.5, 0.6) is 5.75 Å². The summed E-state index contributed by atoms with van der Waals surface area (Å²) in [7, 11) is 1.63. The van der Waals surface area contributed by atoms with Crippen LogP contribution in [0.2, 0.25) is 0 Å². The zero-order valence-electron chi connectivity index (χ0n) is 11.0. The second kappa shape index (κ2) is 5.93. The number of benzene rings is 1. The van der Waals surface area contributed by atoms with Crippen molar-refractivity contribution < 1.29 is 19.7 Å². The molecule has 1 fully saturated rings. The average Bonchev–Trinajstić information content (AvgIpc) is 2.82. The first-order chi connectivity index (χ1) is 9.13. The summed E-state index contributed by atoms with van der Waals surface area (Å²) in [5.74, 6) is 1.06. The number of methoxy groups -OCH3 is 1. The van der Waals surface area contributed by atoms with Gasteiger partial charge >= 0.3 is 6.09 Å². The highest BCUT2D eigenvalue weighted by molar-refractivity contribution is 5.65. The van der Waals surface area contributed by atoms with E-state index in [0.717, 1.165) is 17.7 Å². The van der Waals surface area contributed by atoms with Gasteiger partial charge in [-0.1, -0.05) is 12.1 Å². The van der Waals surface area contributed by atoms with Gasteiger partial charge in [0.05, 0.1) is 19.8 Å². The third-order valence-corrected chi connectivity index (χ3v) is 3.62. The van der Waals surface area contributed by atoms with Gasteiger partial charge in [0.1, 0.15) is 5.75 Å². The summed E-state index contributed by atoms with van der Waals surface area (Å²) >= 11 is 0. The molecular formula is C14H19NO4. The van der Waals surface area contributed by atoms with Crippen LogP contribution in [0.25, 0.3) is 0 Å². The lowest BCUT2D eigenvalue weighted by molar-refractivity contribution is 0.118. The molecule has 1 aliphatic rings. The molecule has 1 aromatic carbocycles. The van der Waals surface area contributed by atoms with E-state index in [1.165, 1.54) is 4.90 Å². The van der Waals surface area contributed by atoms with Gasteiger partial charge in [0.2, 0.25) is 0 Å². The fourth-order valence-electron chi connectivity index (χ4n) is 2.70. The Kier molecular flexibility index (Phi) is 4.27. The van der Waals surface area contributed by atoms with Crippen molar-refractivity contribution in [3.63, 3.8) is 0 Å². The van der Waals surface area contributed by atoms with Gasteiger partial charge < -0.3 is 19.8 Å². The molecule has 2 atom stereocenters. The monoisotopic (exact) mass is 265 g/mol. The number of ether oxygens (including phenoxy) is 1. The molecule has 0 saturated carbocycles. The number of carboxylic acid groups (broad SMARTS) is 1. The maximum Gasteiger partial charge on any atom is 0.407 e. The molecule has 1 saturated heterocycles. The van der Waals surface area contributed by atoms with Crippen LogP contribution in [0.3, 0.4) is 0 Å². The first kappa shape index (κ1) is 13.7. The van der Waals surface area contributed by atoms with Crippen molar-refractivity contribution in [1.29, 1.82) is 0 Å². The van der Waals surface area contributed by atoms with Crippen LogP contribution in [0.15, 0.2) is 24.3 Å². The maximum absolute atomic E-state index is 11.1. The molecule has 1 aliphatic heterocycles. The molecule has 0 aromatic heterocycles. The number of hydrogen-bond acceptors (Lipinski definition) is 3. The first-order valence-electron chi connectivity index (χ1n) is 6.37. The van der Waals surface area contributed by atoms with Crippen LogP contribution < -0.4 is 4.74 Å². The summed E-state index contributed by atoms with van der Waals surface area (Å²) in [6.07, 6.45) is 0.560. The van der Waals surface area contributed by atoms with Crippen LogP contribution in [0, 0.1) is 5.92 Å². The zero-order valence-corrected chi connectivity index (χ0v) is 11.0. The Bertz CT molecular complexity index is 449. The minimum atomic E-state index is -0.952. The average molecular weight is 265 g/mol. The van der Waals surface area contributed by atoms with Gasteiger partial charge in [-0.2, -0.15) is 0 Å². The summed E-state index contributed by atoms with van der Waals surface area (Å²) < 4.78 is 5.18. The van der Waals surface area contributed by atoms with Crippen molar-refractivity contribution in [2.24, 2.45) is 5.92 Å². The van der Waals surface area contributed by atoms with E-state index in [1.807, 2.05) is 24.3 Å². The van der Waals surface area contributed by atoms with Gasteiger partial charge in [0, 0.05) is 6.54 Å². The third-order valence-electron chi connectivity index (χ3n) is 3.62. The standard InChI is InChI=1S/C14H19NO4/c1-19-13-4-2-3-10(7-13)5-11-6-12(9-16)15(8-11)14(17)18/h2-4,7,11-12,16H,5-6,8-9H2,1H3,(H,17,18)/t11-,12+/m0/s1. The lowest BCUT2D eigenvalue weighted by Gasteiger charge is -2.18. The summed E-state index contributed by atoms with van der Waals surface area (Å²) in [5, 5.41) is 18.3. The number of likely N-dealkylation sites (tertiary alicyclic amines) is 1. The van der Waals surface area contributed by atoms with Gasteiger partial charge in [-0.25, -0.2) is 4.79 Å². The molecule has 0 spiro atoms. The summed E-state index contributed by atoms with van der Waals surface area (Å²) in [6.45, 7) is 0.374. The van der Waals surface area contributed by atoms with Gasteiger partial charge in [-0.3, -0.25) is 0 Å². The van der Waals surface area contributed by atoms with E-state index in [2.05, 4.69) is 0 Å². The van der Waals surface area contributed by atoms with E-state index < -0.39 is 6.09 Å². The molecule has 0 aliphatic carbocycles. The van der Waals surface area contributed by atoms with Crippen LogP contribution in [-0.2, 0) is 6.42 Å². The predicted molar refractivity (Wildman–Crippen MR) is 70.4 cm³/mol. The van der Waals surface area contributed by atoms with E-state index in [-0.39, 0.29) is 18.6 Å². The van der Waals surface area contributed by atoms with E-state index in [9.17, 15) is 9.90 Å². The molecule has 1 heterocycles. The fraction of sp³-hybridized carbons (Fsp3) is 0.500. The number of nitrogens with zero attached hydrogens (tertiary/aromatic N) is 1. The first-order valence-corrected chi connectivity index (χ1v) is 6.37. The Morgan fingerprint density at radius 1 is 1.53 bits per heavy atom. The Morgan fingerprint density at radius 2 is 2.32 bits per heavy atom. The molecule has 0 unspecified atom stereocenters. The lowest BCUT2D eigenvalue weighted by atomic mass is 9.97. The molecule has 104 valence electrons. The van der Waals surface area contributed by atoms with Crippen molar-refractivity contribution in [3.8, 4) is 5.75 Å². The topological polar surface area (TPSA) is 70.0 Å². The normalized spacial score (nSPS) is 22.5. The van der Waals surface area contributed by atoms with Crippen LogP contribution in [-0.4, -0.2) is 47.5 Å². The third kappa shape index (κ3) is 3.17. The Labute approximate surface area is 112 Å². The molecular weight excluding hydrogens is 246 g/mol. The Morgan fingerprint density at radius 3 is 2.89 bits per heavy atom. The second-order valence-electron chi connectivity index (χ2n) is 4.93. The number of aliphatic hydroxyl groups is 1. The van der Waals surface area contributed by atoms with E-state index >= 15 is 0 Å². The van der Waals surface area contributed by atoms with E-state index in [4.69, 9.17) is 9.84 Å². The smallest absolute Gasteiger partial charge is 0.407 e. The van der Waals surface area contributed by atoms with Crippen LogP contribution in [0.4, 0.5) is 4.79 Å². The highest BCUT2D eigenvalue weighted by Crippen LogP contribution is 2.27.